The van der Waals surface area contributed by atoms with Gasteiger partial charge in [0.1, 0.15) is 5.75 Å². The van der Waals surface area contributed by atoms with Crippen molar-refractivity contribution in [2.24, 2.45) is 0 Å². The minimum absolute atomic E-state index is 0.171. The quantitative estimate of drug-likeness (QED) is 0.470. The van der Waals surface area contributed by atoms with Gasteiger partial charge in [-0.3, -0.25) is 14.5 Å². The number of imide groups is 1. The third-order valence-electron chi connectivity index (χ3n) is 4.12. The van der Waals surface area contributed by atoms with E-state index in [2.05, 4.69) is 0 Å². The first-order valence-electron chi connectivity index (χ1n) is 8.27. The molecule has 0 spiro atoms. The summed E-state index contributed by atoms with van der Waals surface area (Å²) in [6.07, 6.45) is 1.60. The first-order chi connectivity index (χ1) is 12.5. The first kappa shape index (κ1) is 17.4. The number of hydrogen-bond donors (Lipinski definition) is 0. The van der Waals surface area contributed by atoms with Gasteiger partial charge in [0, 0.05) is 6.54 Å². The highest BCUT2D eigenvalue weighted by Gasteiger charge is 2.35. The fourth-order valence-electron chi connectivity index (χ4n) is 2.73. The summed E-state index contributed by atoms with van der Waals surface area (Å²) in [4.78, 5) is 38.3. The molecule has 0 bridgehead atoms. The van der Waals surface area contributed by atoms with Crippen LogP contribution in [0.3, 0.4) is 0 Å². The Morgan fingerprint density at radius 3 is 2.62 bits per heavy atom. The predicted octanol–water partition coefficient (Wildman–Crippen LogP) is 3.17. The lowest BCUT2D eigenvalue weighted by Gasteiger charge is -2.12. The number of carbonyl (C=O) groups excluding carboxylic acids is 3. The number of esters is 1. The predicted molar refractivity (Wildman–Crippen MR) is 92.8 cm³/mol. The monoisotopic (exact) mass is 348 g/mol. The van der Waals surface area contributed by atoms with Gasteiger partial charge in [-0.2, -0.15) is 5.26 Å². The van der Waals surface area contributed by atoms with Crippen molar-refractivity contribution in [3.05, 3.63) is 64.7 Å². The van der Waals surface area contributed by atoms with Crippen molar-refractivity contribution >= 4 is 17.8 Å². The van der Waals surface area contributed by atoms with Gasteiger partial charge in [-0.25, -0.2) is 4.79 Å². The maximum Gasteiger partial charge on any atom is 0.343 e. The summed E-state index contributed by atoms with van der Waals surface area (Å²) in [5, 5.41) is 8.89. The van der Waals surface area contributed by atoms with E-state index >= 15 is 0 Å². The van der Waals surface area contributed by atoms with E-state index < -0.39 is 5.97 Å². The van der Waals surface area contributed by atoms with Crippen molar-refractivity contribution in [3.63, 3.8) is 0 Å². The van der Waals surface area contributed by atoms with E-state index in [1.807, 2.05) is 13.0 Å². The molecule has 1 aliphatic heterocycles. The Balaban J connectivity index is 1.83. The lowest BCUT2D eigenvalue weighted by molar-refractivity contribution is 0.0651. The summed E-state index contributed by atoms with van der Waals surface area (Å²) in [5.41, 5.74) is 1.06. The number of amides is 2. The molecule has 0 saturated heterocycles. The highest BCUT2D eigenvalue weighted by atomic mass is 16.5. The van der Waals surface area contributed by atoms with Crippen LogP contribution >= 0.6 is 0 Å². The molecule has 130 valence electrons. The van der Waals surface area contributed by atoms with Gasteiger partial charge in [-0.15, -0.1) is 0 Å². The molecule has 0 radical (unpaired) electrons. The van der Waals surface area contributed by atoms with E-state index in [-0.39, 0.29) is 28.7 Å². The number of carbonyl (C=O) groups is 3. The number of fused-ring (bicyclic) bond motifs is 1. The smallest absolute Gasteiger partial charge is 0.343 e. The number of unbranched alkanes of at least 4 members (excludes halogenated alkanes) is 1. The van der Waals surface area contributed by atoms with Crippen molar-refractivity contribution in [1.82, 2.24) is 4.90 Å². The Labute approximate surface area is 150 Å². The number of ether oxygens (including phenoxy) is 1. The second kappa shape index (κ2) is 7.19. The molecule has 6 heteroatoms. The molecule has 0 atom stereocenters. The number of nitrogens with zero attached hydrogens (tertiary/aromatic N) is 2. The minimum atomic E-state index is -0.657. The van der Waals surface area contributed by atoms with Gasteiger partial charge in [0.25, 0.3) is 11.8 Å². The van der Waals surface area contributed by atoms with Gasteiger partial charge >= 0.3 is 5.97 Å². The summed E-state index contributed by atoms with van der Waals surface area (Å²) < 4.78 is 5.26. The molecule has 2 aromatic rings. The molecule has 0 saturated carbocycles. The molecule has 2 aromatic carbocycles. The molecule has 6 nitrogen and oxygen atoms in total. The second-order valence-electron chi connectivity index (χ2n) is 5.91. The zero-order chi connectivity index (χ0) is 18.7. The van der Waals surface area contributed by atoms with Crippen LogP contribution in [0, 0.1) is 11.3 Å². The van der Waals surface area contributed by atoms with Crippen molar-refractivity contribution < 1.29 is 19.1 Å². The zero-order valence-electron chi connectivity index (χ0n) is 14.2. The molecule has 0 fully saturated rings. The molecule has 0 aliphatic carbocycles. The summed E-state index contributed by atoms with van der Waals surface area (Å²) in [7, 11) is 0. The topological polar surface area (TPSA) is 87.5 Å². The van der Waals surface area contributed by atoms with Crippen molar-refractivity contribution in [2.75, 3.05) is 6.54 Å². The minimum Gasteiger partial charge on any atom is -0.423 e. The second-order valence-corrected chi connectivity index (χ2v) is 5.91. The van der Waals surface area contributed by atoms with Crippen LogP contribution in [-0.4, -0.2) is 29.2 Å². The van der Waals surface area contributed by atoms with E-state index in [0.29, 0.717) is 17.7 Å². The standard InChI is InChI=1S/C20H16N2O4/c1-2-3-9-22-18(23)16-8-7-14(11-17(16)19(22)24)20(25)26-15-6-4-5-13(10-15)12-21/h4-8,10-11H,2-3,9H2,1H3. The normalized spacial score (nSPS) is 12.7. The molecule has 26 heavy (non-hydrogen) atoms. The van der Waals surface area contributed by atoms with Crippen LogP contribution in [0.15, 0.2) is 42.5 Å². The average Bonchev–Trinajstić information content (AvgIpc) is 2.90. The van der Waals surface area contributed by atoms with E-state index in [1.54, 1.807) is 18.2 Å². The van der Waals surface area contributed by atoms with Gasteiger partial charge in [0.05, 0.1) is 28.3 Å². The van der Waals surface area contributed by atoms with E-state index in [4.69, 9.17) is 10.00 Å². The maximum atomic E-state index is 12.4. The first-order valence-corrected chi connectivity index (χ1v) is 8.27. The van der Waals surface area contributed by atoms with Gasteiger partial charge in [-0.05, 0) is 42.8 Å². The lowest BCUT2D eigenvalue weighted by Crippen LogP contribution is -2.30. The highest BCUT2D eigenvalue weighted by molar-refractivity contribution is 6.22. The molecule has 3 rings (SSSR count). The fourth-order valence-corrected chi connectivity index (χ4v) is 2.73. The third-order valence-corrected chi connectivity index (χ3v) is 4.12. The van der Waals surface area contributed by atoms with Crippen molar-refractivity contribution in [2.45, 2.75) is 19.8 Å². The van der Waals surface area contributed by atoms with Gasteiger partial charge in [0.15, 0.2) is 0 Å². The molecule has 0 aromatic heterocycles. The van der Waals surface area contributed by atoms with Crippen LogP contribution in [0.4, 0.5) is 0 Å². The Kier molecular flexibility index (Phi) is 4.81. The molecule has 2 amide bonds. The molecular formula is C20H16N2O4. The molecule has 1 aliphatic rings. The molecule has 1 heterocycles. The van der Waals surface area contributed by atoms with Gasteiger partial charge in [-0.1, -0.05) is 19.4 Å². The number of nitriles is 1. The Bertz CT molecular complexity index is 943. The van der Waals surface area contributed by atoms with Crippen LogP contribution in [0.25, 0.3) is 0 Å². The zero-order valence-corrected chi connectivity index (χ0v) is 14.2. The Morgan fingerprint density at radius 2 is 1.88 bits per heavy atom. The SMILES string of the molecule is CCCCN1C(=O)c2ccc(C(=O)Oc3cccc(C#N)c3)cc2C1=O. The summed E-state index contributed by atoms with van der Waals surface area (Å²) >= 11 is 0. The third kappa shape index (κ3) is 3.20. The van der Waals surface area contributed by atoms with Gasteiger partial charge < -0.3 is 4.74 Å². The van der Waals surface area contributed by atoms with Crippen LogP contribution in [-0.2, 0) is 0 Å². The van der Waals surface area contributed by atoms with E-state index in [1.165, 1.54) is 29.2 Å². The van der Waals surface area contributed by atoms with Gasteiger partial charge in [0.2, 0.25) is 0 Å². The Hall–Kier alpha value is -3.46. The van der Waals surface area contributed by atoms with Crippen LogP contribution in [0.2, 0.25) is 0 Å². The average molecular weight is 348 g/mol. The van der Waals surface area contributed by atoms with Crippen molar-refractivity contribution in [3.8, 4) is 11.8 Å². The van der Waals surface area contributed by atoms with Crippen LogP contribution < -0.4 is 4.74 Å². The molecular weight excluding hydrogens is 332 g/mol. The number of rotatable bonds is 5. The summed E-state index contributed by atoms with van der Waals surface area (Å²) in [6, 6.07) is 12.5. The summed E-state index contributed by atoms with van der Waals surface area (Å²) in [6.45, 7) is 2.34. The highest BCUT2D eigenvalue weighted by Crippen LogP contribution is 2.25. The molecule has 0 unspecified atom stereocenters. The molecule has 0 N–H and O–H groups in total. The van der Waals surface area contributed by atoms with Crippen LogP contribution in [0.5, 0.6) is 5.75 Å². The summed E-state index contributed by atoms with van der Waals surface area (Å²) in [5.74, 6) is -1.14. The number of benzene rings is 2. The number of hydrogen-bond acceptors (Lipinski definition) is 5. The fraction of sp³-hybridized carbons (Fsp3) is 0.200. The largest absolute Gasteiger partial charge is 0.423 e. The maximum absolute atomic E-state index is 12.4. The Morgan fingerprint density at radius 1 is 1.12 bits per heavy atom. The van der Waals surface area contributed by atoms with Crippen molar-refractivity contribution in [1.29, 1.82) is 5.26 Å². The lowest BCUT2D eigenvalue weighted by atomic mass is 10.1. The van der Waals surface area contributed by atoms with Crippen LogP contribution in [0.1, 0.15) is 56.4 Å². The van der Waals surface area contributed by atoms with E-state index in [0.717, 1.165) is 12.8 Å². The van der Waals surface area contributed by atoms with E-state index in [9.17, 15) is 14.4 Å².